The van der Waals surface area contributed by atoms with Gasteiger partial charge in [-0.25, -0.2) is 0 Å². The van der Waals surface area contributed by atoms with Crippen LogP contribution in [-0.2, 0) is 4.74 Å². The molecule has 1 saturated carbocycles. The van der Waals surface area contributed by atoms with Gasteiger partial charge in [0.25, 0.3) is 0 Å². The second kappa shape index (κ2) is 5.31. The molecule has 0 aromatic heterocycles. The Morgan fingerprint density at radius 3 is 2.67 bits per heavy atom. The highest BCUT2D eigenvalue weighted by molar-refractivity contribution is 4.84. The van der Waals surface area contributed by atoms with Crippen LogP contribution in [0.3, 0.4) is 0 Å². The Balaban J connectivity index is 1.56. The summed E-state index contributed by atoms with van der Waals surface area (Å²) in [4.78, 5) is 0. The molecule has 0 aromatic carbocycles. The number of hydrogen-bond donors (Lipinski definition) is 1. The second-order valence-corrected chi connectivity index (χ2v) is 5.41. The molecule has 0 radical (unpaired) electrons. The predicted octanol–water partition coefficient (Wildman–Crippen LogP) is 2.72. The van der Waals surface area contributed by atoms with Crippen molar-refractivity contribution in [3.63, 3.8) is 0 Å². The van der Waals surface area contributed by atoms with Crippen LogP contribution in [0.4, 0.5) is 0 Å². The Bertz CT molecular complexity index is 185. The second-order valence-electron chi connectivity index (χ2n) is 5.41. The van der Waals surface area contributed by atoms with Crippen LogP contribution >= 0.6 is 0 Å². The average Bonchev–Trinajstić information content (AvgIpc) is 2.93. The maximum Gasteiger partial charge on any atom is 0.0576 e. The van der Waals surface area contributed by atoms with Gasteiger partial charge in [0.2, 0.25) is 0 Å². The Hall–Kier alpha value is -0.0800. The van der Waals surface area contributed by atoms with Gasteiger partial charge in [-0.1, -0.05) is 0 Å². The van der Waals surface area contributed by atoms with Crippen molar-refractivity contribution in [2.24, 2.45) is 5.92 Å². The van der Waals surface area contributed by atoms with E-state index in [0.29, 0.717) is 12.1 Å². The van der Waals surface area contributed by atoms with Crippen molar-refractivity contribution >= 4 is 0 Å². The zero-order valence-corrected chi connectivity index (χ0v) is 10.2. The van der Waals surface area contributed by atoms with Crippen molar-refractivity contribution in [2.45, 2.75) is 70.6 Å². The third kappa shape index (κ3) is 3.76. The first-order valence-corrected chi connectivity index (χ1v) is 6.63. The summed E-state index contributed by atoms with van der Waals surface area (Å²) >= 11 is 0. The standard InChI is InChI=1S/C13H25NO/c1-10(14-11(2)12-6-7-12)5-8-13-4-3-9-15-13/h10-14H,3-9H2,1-2H3. The van der Waals surface area contributed by atoms with E-state index in [1.165, 1.54) is 38.5 Å². The van der Waals surface area contributed by atoms with Crippen molar-refractivity contribution in [1.82, 2.24) is 5.32 Å². The van der Waals surface area contributed by atoms with Crippen LogP contribution in [0.1, 0.15) is 52.4 Å². The summed E-state index contributed by atoms with van der Waals surface area (Å²) in [6, 6.07) is 1.38. The largest absolute Gasteiger partial charge is 0.378 e. The molecule has 1 N–H and O–H groups in total. The lowest BCUT2D eigenvalue weighted by Crippen LogP contribution is -2.36. The quantitative estimate of drug-likeness (QED) is 0.729. The van der Waals surface area contributed by atoms with E-state index in [1.807, 2.05) is 0 Å². The molecule has 2 fully saturated rings. The van der Waals surface area contributed by atoms with Crippen LogP contribution in [0.5, 0.6) is 0 Å². The summed E-state index contributed by atoms with van der Waals surface area (Å²) < 4.78 is 5.64. The van der Waals surface area contributed by atoms with Gasteiger partial charge in [0.1, 0.15) is 0 Å². The lowest BCUT2D eigenvalue weighted by atomic mass is 10.1. The molecule has 0 aromatic rings. The average molecular weight is 211 g/mol. The van der Waals surface area contributed by atoms with Gasteiger partial charge in [-0.05, 0) is 58.3 Å². The zero-order chi connectivity index (χ0) is 10.7. The monoisotopic (exact) mass is 211 g/mol. The van der Waals surface area contributed by atoms with Crippen LogP contribution in [0.15, 0.2) is 0 Å². The molecular weight excluding hydrogens is 186 g/mol. The maximum atomic E-state index is 5.64. The summed E-state index contributed by atoms with van der Waals surface area (Å²) in [5, 5.41) is 3.71. The van der Waals surface area contributed by atoms with Gasteiger partial charge >= 0.3 is 0 Å². The van der Waals surface area contributed by atoms with Gasteiger partial charge in [-0.3, -0.25) is 0 Å². The first kappa shape index (κ1) is 11.4. The Labute approximate surface area is 93.8 Å². The summed E-state index contributed by atoms with van der Waals surface area (Å²) in [5.74, 6) is 0.968. The molecule has 2 heteroatoms. The molecule has 1 aliphatic heterocycles. The normalized spacial score (nSPS) is 30.4. The van der Waals surface area contributed by atoms with E-state index >= 15 is 0 Å². The molecule has 0 spiro atoms. The SMILES string of the molecule is CC(CCC1CCCO1)NC(C)C1CC1. The van der Waals surface area contributed by atoms with Gasteiger partial charge in [0, 0.05) is 18.7 Å². The highest BCUT2D eigenvalue weighted by Crippen LogP contribution is 2.32. The van der Waals surface area contributed by atoms with E-state index in [1.54, 1.807) is 0 Å². The third-order valence-electron chi connectivity index (χ3n) is 3.82. The fourth-order valence-corrected chi connectivity index (χ4v) is 2.57. The van der Waals surface area contributed by atoms with Crippen molar-refractivity contribution < 1.29 is 4.74 Å². The van der Waals surface area contributed by atoms with Crippen molar-refractivity contribution in [3.8, 4) is 0 Å². The minimum atomic E-state index is 0.561. The van der Waals surface area contributed by atoms with E-state index in [4.69, 9.17) is 4.74 Å². The Morgan fingerprint density at radius 1 is 1.27 bits per heavy atom. The van der Waals surface area contributed by atoms with E-state index in [0.717, 1.165) is 18.6 Å². The minimum absolute atomic E-state index is 0.561. The number of rotatable bonds is 6. The van der Waals surface area contributed by atoms with Crippen LogP contribution < -0.4 is 5.32 Å². The lowest BCUT2D eigenvalue weighted by Gasteiger charge is -2.20. The van der Waals surface area contributed by atoms with E-state index in [-0.39, 0.29) is 0 Å². The topological polar surface area (TPSA) is 21.3 Å². The fourth-order valence-electron chi connectivity index (χ4n) is 2.57. The molecule has 3 atom stereocenters. The van der Waals surface area contributed by atoms with Crippen LogP contribution in [0, 0.1) is 5.92 Å². The first-order valence-electron chi connectivity index (χ1n) is 6.63. The molecule has 0 bridgehead atoms. The van der Waals surface area contributed by atoms with Crippen LogP contribution in [0.2, 0.25) is 0 Å². The van der Waals surface area contributed by atoms with Crippen molar-refractivity contribution in [2.75, 3.05) is 6.61 Å². The summed E-state index contributed by atoms with van der Waals surface area (Å²) in [7, 11) is 0. The molecule has 1 saturated heterocycles. The molecule has 2 nitrogen and oxygen atoms in total. The molecule has 15 heavy (non-hydrogen) atoms. The van der Waals surface area contributed by atoms with Gasteiger partial charge in [-0.2, -0.15) is 0 Å². The van der Waals surface area contributed by atoms with Crippen molar-refractivity contribution in [3.05, 3.63) is 0 Å². The van der Waals surface area contributed by atoms with Gasteiger partial charge in [-0.15, -0.1) is 0 Å². The van der Waals surface area contributed by atoms with Gasteiger partial charge in [0.05, 0.1) is 6.10 Å². The van der Waals surface area contributed by atoms with Gasteiger partial charge in [0.15, 0.2) is 0 Å². The molecule has 3 unspecified atom stereocenters. The lowest BCUT2D eigenvalue weighted by molar-refractivity contribution is 0.0996. The highest BCUT2D eigenvalue weighted by Gasteiger charge is 2.28. The predicted molar refractivity (Wildman–Crippen MR) is 63.0 cm³/mol. The highest BCUT2D eigenvalue weighted by atomic mass is 16.5. The maximum absolute atomic E-state index is 5.64. The molecule has 1 aliphatic carbocycles. The summed E-state index contributed by atoms with van der Waals surface area (Å²) in [6.07, 6.45) is 8.49. The molecule has 2 aliphatic rings. The number of ether oxygens (including phenoxy) is 1. The fraction of sp³-hybridized carbons (Fsp3) is 1.00. The smallest absolute Gasteiger partial charge is 0.0576 e. The Morgan fingerprint density at radius 2 is 2.07 bits per heavy atom. The number of hydrogen-bond acceptors (Lipinski definition) is 2. The van der Waals surface area contributed by atoms with Crippen molar-refractivity contribution in [1.29, 1.82) is 0 Å². The third-order valence-corrected chi connectivity index (χ3v) is 3.82. The molecule has 1 heterocycles. The molecule has 88 valence electrons. The first-order chi connectivity index (χ1) is 7.25. The Kier molecular flexibility index (Phi) is 4.04. The van der Waals surface area contributed by atoms with E-state index < -0.39 is 0 Å². The summed E-state index contributed by atoms with van der Waals surface area (Å²) in [5.41, 5.74) is 0. The minimum Gasteiger partial charge on any atom is -0.378 e. The van der Waals surface area contributed by atoms with E-state index in [9.17, 15) is 0 Å². The zero-order valence-electron chi connectivity index (χ0n) is 10.2. The van der Waals surface area contributed by atoms with Gasteiger partial charge < -0.3 is 10.1 Å². The molecule has 2 rings (SSSR count). The van der Waals surface area contributed by atoms with E-state index in [2.05, 4.69) is 19.2 Å². The molecular formula is C13H25NO. The molecule has 0 amide bonds. The van der Waals surface area contributed by atoms with Crippen LogP contribution in [-0.4, -0.2) is 24.8 Å². The van der Waals surface area contributed by atoms with Crippen LogP contribution in [0.25, 0.3) is 0 Å². The number of nitrogens with one attached hydrogen (secondary N) is 1. The summed E-state index contributed by atoms with van der Waals surface area (Å²) in [6.45, 7) is 5.64.